The van der Waals surface area contributed by atoms with E-state index in [0.29, 0.717) is 26.4 Å². The van der Waals surface area contributed by atoms with Crippen molar-refractivity contribution in [1.29, 1.82) is 0 Å². The molecule has 0 aromatic heterocycles. The zero-order chi connectivity index (χ0) is 26.1. The zero-order valence-electron chi connectivity index (χ0n) is 23.2. The monoisotopic (exact) mass is 814 g/mol. The molecule has 0 saturated heterocycles. The van der Waals surface area contributed by atoms with Gasteiger partial charge in [-0.1, -0.05) is 56.0 Å². The molecule has 4 aliphatic rings. The van der Waals surface area contributed by atoms with Crippen LogP contribution in [0.4, 0.5) is 0 Å². The van der Waals surface area contributed by atoms with Crippen LogP contribution in [0.5, 0.6) is 23.0 Å². The number of ether oxygens (including phenoxy) is 4. The largest absolute Gasteiger partial charge is 0.492 e. The fourth-order valence-corrected chi connectivity index (χ4v) is 8.22. The van der Waals surface area contributed by atoms with Crippen LogP contribution in [0.25, 0.3) is 0 Å². The average Bonchev–Trinajstić information content (AvgIpc) is 3.68. The van der Waals surface area contributed by atoms with Crippen molar-refractivity contribution in [1.82, 2.24) is 0 Å². The van der Waals surface area contributed by atoms with Gasteiger partial charge in [0.05, 0.1) is 10.8 Å². The maximum absolute atomic E-state index is 5.94. The Labute approximate surface area is 454 Å². The molecule has 0 amide bonds. The van der Waals surface area contributed by atoms with E-state index < -0.39 is 0 Å². The summed E-state index contributed by atoms with van der Waals surface area (Å²) in [7, 11) is 8.48. The van der Waals surface area contributed by atoms with Crippen molar-refractivity contribution in [3.63, 3.8) is 0 Å². The second kappa shape index (κ2) is 21.1. The number of benzene rings is 4. The quantitative estimate of drug-likeness (QED) is 0.236. The SMILES string of the molecule is C.Cc1cccc2c1C1(CO2)COc2cccc(P)c21.Pc1cccc2c1C1(CO2)COc2cccc(P)c21.[Ar].[Ar].[Ar].[Ar].[Ar].[Ar]. The van der Waals surface area contributed by atoms with Crippen LogP contribution < -0.4 is 34.9 Å². The van der Waals surface area contributed by atoms with Crippen molar-refractivity contribution < 1.29 is 245 Å². The van der Waals surface area contributed by atoms with Crippen LogP contribution in [0, 0.1) is 233 Å². The number of rotatable bonds is 0. The minimum atomic E-state index is -0.151. The summed E-state index contributed by atoms with van der Waals surface area (Å²) >= 11 is 0. The van der Waals surface area contributed by atoms with Crippen LogP contribution in [0.3, 0.4) is 0 Å². The Hall–Kier alpha value is 4.93. The van der Waals surface area contributed by atoms with Gasteiger partial charge in [0.25, 0.3) is 0 Å². The summed E-state index contributed by atoms with van der Waals surface area (Å²) < 4.78 is 23.7. The van der Waals surface area contributed by atoms with E-state index in [2.05, 4.69) is 71.0 Å². The van der Waals surface area contributed by atoms with Gasteiger partial charge in [0, 0.05) is 249 Å². The fourth-order valence-electron chi connectivity index (χ4n) is 6.63. The molecule has 4 aliphatic heterocycles. The van der Waals surface area contributed by atoms with Gasteiger partial charge >= 0.3 is 0 Å². The topological polar surface area (TPSA) is 36.9 Å². The van der Waals surface area contributed by atoms with Gasteiger partial charge in [-0.05, 0) is 52.7 Å². The summed E-state index contributed by atoms with van der Waals surface area (Å²) in [5.41, 5.74) is 6.08. The van der Waals surface area contributed by atoms with Crippen LogP contribution in [-0.4, -0.2) is 26.4 Å². The van der Waals surface area contributed by atoms with Crippen LogP contribution in [0.15, 0.2) is 72.8 Å². The van der Waals surface area contributed by atoms with Gasteiger partial charge in [-0.3, -0.25) is 0 Å². The van der Waals surface area contributed by atoms with Gasteiger partial charge in [-0.15, -0.1) is 27.7 Å². The molecule has 4 aromatic carbocycles. The number of hydrogen-bond donors (Lipinski definition) is 0. The summed E-state index contributed by atoms with van der Waals surface area (Å²) in [4.78, 5) is 0. The molecule has 4 aromatic rings. The van der Waals surface area contributed by atoms with Crippen molar-refractivity contribution in [2.75, 3.05) is 26.4 Å². The molecule has 248 valence electrons. The van der Waals surface area contributed by atoms with Crippen molar-refractivity contribution in [2.45, 2.75) is 25.2 Å². The van der Waals surface area contributed by atoms with Crippen molar-refractivity contribution in [3.05, 3.63) is 101 Å². The van der Waals surface area contributed by atoms with Gasteiger partial charge in [0.2, 0.25) is 0 Å². The van der Waals surface area contributed by atoms with Crippen LogP contribution >= 0.6 is 27.7 Å². The first-order valence-electron chi connectivity index (χ1n) is 12.7. The van der Waals surface area contributed by atoms with E-state index >= 15 is 0 Å². The van der Waals surface area contributed by atoms with Crippen molar-refractivity contribution in [2.24, 2.45) is 0 Å². The van der Waals surface area contributed by atoms with Gasteiger partial charge < -0.3 is 18.9 Å². The smallest absolute Gasteiger partial charge is 0.124 e. The van der Waals surface area contributed by atoms with E-state index in [9.17, 15) is 0 Å². The Balaban J connectivity index is 0.000000745. The molecule has 0 fully saturated rings. The third-order valence-corrected chi connectivity index (χ3v) is 9.66. The Morgan fingerprint density at radius 1 is 0.444 bits per heavy atom. The first kappa shape index (κ1) is 49.9. The number of fused-ring (bicyclic) bond motifs is 8. The van der Waals surface area contributed by atoms with Crippen molar-refractivity contribution >= 4 is 43.6 Å². The van der Waals surface area contributed by atoms with E-state index in [0.717, 1.165) is 23.0 Å². The molecule has 0 radical (unpaired) electrons. The molecular formula is C32H33Ar6O4P3. The molecular weight excluding hydrogens is 781 g/mol. The second-order valence-corrected chi connectivity index (χ2v) is 12.3. The van der Waals surface area contributed by atoms with E-state index in [1.165, 1.54) is 43.7 Å². The normalized spacial score (nSPS) is 17.2. The maximum Gasteiger partial charge on any atom is 0.124 e. The molecule has 0 saturated carbocycles. The fraction of sp³-hybridized carbons (Fsp3) is 0.250. The summed E-state index contributed by atoms with van der Waals surface area (Å²) in [6, 6.07) is 24.8. The molecule has 4 nitrogen and oxygen atoms in total. The summed E-state index contributed by atoms with van der Waals surface area (Å²) in [6.45, 7) is 4.81. The first-order chi connectivity index (χ1) is 18.4. The minimum Gasteiger partial charge on any atom is -0.492 e. The van der Waals surface area contributed by atoms with Crippen LogP contribution in [0.2, 0.25) is 0 Å². The third kappa shape index (κ3) is 9.08. The second-order valence-electron chi connectivity index (χ2n) is 10.4. The number of aryl methyl sites for hydroxylation is 1. The molecule has 2 spiro atoms. The summed E-state index contributed by atoms with van der Waals surface area (Å²) in [5.74, 6) is 3.96. The third-order valence-electron chi connectivity index (χ3n) is 8.22. The standard InChI is InChI=1S/C16H15O2P.C15H14O2P2.CH4.6Ar/c1-10-4-2-5-11-14(10)16(8-17-11)9-18-12-6-3-7-13(19)15(12)16;18-11-5-1-3-9-13(11)15(7-16-9)8-17-10-4-2-6-12(19)14(10)15;;;;;;;/h2-7H,8-9,19H2,1H3;1-6H,7-8,18-19H2;1H4;;;;;;. The molecule has 0 N–H and O–H groups in total. The first-order valence-corrected chi connectivity index (χ1v) is 14.5. The summed E-state index contributed by atoms with van der Waals surface area (Å²) in [6.07, 6.45) is 0. The van der Waals surface area contributed by atoms with E-state index in [1.54, 1.807) is 0 Å². The van der Waals surface area contributed by atoms with Crippen LogP contribution in [-0.2, 0) is 10.8 Å². The predicted octanol–water partition coefficient (Wildman–Crippen LogP) is 4.96. The minimum absolute atomic E-state index is 0. The molecule has 0 aliphatic carbocycles. The van der Waals surface area contributed by atoms with E-state index in [4.69, 9.17) is 18.9 Å². The molecule has 0 bridgehead atoms. The summed E-state index contributed by atoms with van der Waals surface area (Å²) in [5, 5.41) is 3.59. The molecule has 13 heteroatoms. The Morgan fingerprint density at radius 3 is 1.04 bits per heavy atom. The zero-order valence-corrected chi connectivity index (χ0v) is 30.9. The molecule has 4 heterocycles. The molecule has 4 atom stereocenters. The Kier molecular flexibility index (Phi) is 23.4. The predicted molar refractivity (Wildman–Crippen MR) is 169 cm³/mol. The Bertz CT molecular complexity index is 1390. The average molecular weight is 814 g/mol. The van der Waals surface area contributed by atoms with Gasteiger partial charge in [0.1, 0.15) is 49.4 Å². The van der Waals surface area contributed by atoms with E-state index in [-0.39, 0.29) is 245 Å². The molecule has 4 unspecified atom stereocenters. The van der Waals surface area contributed by atoms with E-state index in [1.807, 2.05) is 36.4 Å². The van der Waals surface area contributed by atoms with Crippen LogP contribution in [0.1, 0.15) is 35.2 Å². The Morgan fingerprint density at radius 2 is 0.711 bits per heavy atom. The maximum atomic E-state index is 5.94. The molecule has 45 heavy (non-hydrogen) atoms. The van der Waals surface area contributed by atoms with Gasteiger partial charge in [-0.2, -0.15) is 0 Å². The van der Waals surface area contributed by atoms with Crippen molar-refractivity contribution in [3.8, 4) is 23.0 Å². The van der Waals surface area contributed by atoms with Gasteiger partial charge in [-0.25, -0.2) is 0 Å². The molecule has 8 rings (SSSR count). The number of hydrogen-bond acceptors (Lipinski definition) is 4. The van der Waals surface area contributed by atoms with Gasteiger partial charge in [0.15, 0.2) is 0 Å².